The van der Waals surface area contributed by atoms with Crippen LogP contribution in [-0.4, -0.2) is 16.3 Å². The molecule has 5 nitrogen and oxygen atoms in total. The first kappa shape index (κ1) is 20.6. The van der Waals surface area contributed by atoms with Crippen molar-refractivity contribution in [3.63, 3.8) is 0 Å². The third kappa shape index (κ3) is 4.33. The molecule has 2 heterocycles. The van der Waals surface area contributed by atoms with Gasteiger partial charge in [-0.15, -0.1) is 0 Å². The fourth-order valence-electron chi connectivity index (χ4n) is 5.00. The molecule has 3 aromatic rings. The highest BCUT2D eigenvalue weighted by Crippen LogP contribution is 2.31. The molecule has 1 aliphatic heterocycles. The van der Waals surface area contributed by atoms with Crippen molar-refractivity contribution < 1.29 is 9.59 Å². The maximum Gasteiger partial charge on any atom is 0.224 e. The van der Waals surface area contributed by atoms with Gasteiger partial charge in [-0.3, -0.25) is 9.59 Å². The van der Waals surface area contributed by atoms with Crippen LogP contribution < -0.4 is 10.6 Å². The quantitative estimate of drug-likeness (QED) is 0.506. The number of nitrogens with zero attached hydrogens (tertiary/aromatic N) is 1. The summed E-state index contributed by atoms with van der Waals surface area (Å²) in [4.78, 5) is 25.9. The maximum absolute atomic E-state index is 13.5. The van der Waals surface area contributed by atoms with Gasteiger partial charge in [0.05, 0.1) is 0 Å². The van der Waals surface area contributed by atoms with Gasteiger partial charge in [0.25, 0.3) is 0 Å². The SMILES string of the molecule is O=C(CC1CCCCC1)Nc1ccc(C(=O)C2Nc3ccccc3Cn3cccc32)cc1. The zero-order valence-electron chi connectivity index (χ0n) is 18.2. The van der Waals surface area contributed by atoms with Crippen LogP contribution in [0.4, 0.5) is 11.4 Å². The molecule has 0 saturated heterocycles. The number of carbonyl (C=O) groups is 2. The van der Waals surface area contributed by atoms with Gasteiger partial charge in [0.2, 0.25) is 5.91 Å². The molecule has 1 aromatic heterocycles. The van der Waals surface area contributed by atoms with Crippen LogP contribution >= 0.6 is 0 Å². The van der Waals surface area contributed by atoms with Crippen molar-refractivity contribution in [3.8, 4) is 0 Å². The number of anilines is 2. The molecule has 5 rings (SSSR count). The van der Waals surface area contributed by atoms with E-state index in [4.69, 9.17) is 0 Å². The van der Waals surface area contributed by atoms with Gasteiger partial charge in [-0.05, 0) is 66.8 Å². The number of aromatic nitrogens is 1. The Labute approximate surface area is 188 Å². The minimum Gasteiger partial charge on any atom is -0.370 e. The number of Topliss-reactive ketones (excluding diaryl/α,β-unsaturated/α-hetero) is 1. The van der Waals surface area contributed by atoms with E-state index in [0.717, 1.165) is 42.0 Å². The molecule has 1 fully saturated rings. The molecular formula is C27H29N3O2. The fourth-order valence-corrected chi connectivity index (χ4v) is 5.00. The number of carbonyl (C=O) groups excluding carboxylic acids is 2. The minimum absolute atomic E-state index is 0.0155. The normalized spacial score (nSPS) is 18.1. The molecule has 1 amide bonds. The lowest BCUT2D eigenvalue weighted by atomic mass is 9.87. The molecular weight excluding hydrogens is 398 g/mol. The number of benzene rings is 2. The fraction of sp³-hybridized carbons (Fsp3) is 0.333. The first-order valence-electron chi connectivity index (χ1n) is 11.6. The summed E-state index contributed by atoms with van der Waals surface area (Å²) >= 11 is 0. The Kier molecular flexibility index (Phi) is 5.80. The molecule has 0 radical (unpaired) electrons. The zero-order valence-corrected chi connectivity index (χ0v) is 18.2. The van der Waals surface area contributed by atoms with Crippen LogP contribution in [0.2, 0.25) is 0 Å². The lowest BCUT2D eigenvalue weighted by molar-refractivity contribution is -0.117. The van der Waals surface area contributed by atoms with Crippen LogP contribution in [0, 0.1) is 5.92 Å². The number of amides is 1. The average molecular weight is 428 g/mol. The second kappa shape index (κ2) is 9.03. The van der Waals surface area contributed by atoms with E-state index in [2.05, 4.69) is 21.3 Å². The van der Waals surface area contributed by atoms with E-state index >= 15 is 0 Å². The van der Waals surface area contributed by atoms with Crippen LogP contribution in [-0.2, 0) is 11.3 Å². The van der Waals surface area contributed by atoms with Crippen LogP contribution in [0.5, 0.6) is 0 Å². The highest BCUT2D eigenvalue weighted by molar-refractivity contribution is 6.02. The lowest BCUT2D eigenvalue weighted by Gasteiger charge is -2.21. The van der Waals surface area contributed by atoms with E-state index in [9.17, 15) is 9.59 Å². The molecule has 0 bridgehead atoms. The highest BCUT2D eigenvalue weighted by atomic mass is 16.1. The molecule has 2 N–H and O–H groups in total. The Morgan fingerprint density at radius 1 is 0.938 bits per heavy atom. The molecule has 0 spiro atoms. The predicted molar refractivity (Wildman–Crippen MR) is 127 cm³/mol. The average Bonchev–Trinajstić information content (AvgIpc) is 3.20. The van der Waals surface area contributed by atoms with E-state index in [1.807, 2.05) is 60.8 Å². The summed E-state index contributed by atoms with van der Waals surface area (Å²) in [6.07, 6.45) is 8.67. The van der Waals surface area contributed by atoms with Gasteiger partial charge in [0, 0.05) is 41.8 Å². The number of fused-ring (bicyclic) bond motifs is 2. The van der Waals surface area contributed by atoms with Crippen LogP contribution in [0.15, 0.2) is 66.9 Å². The third-order valence-electron chi connectivity index (χ3n) is 6.73. The molecule has 32 heavy (non-hydrogen) atoms. The zero-order chi connectivity index (χ0) is 21.9. The number of ketones is 1. The first-order chi connectivity index (χ1) is 15.7. The smallest absolute Gasteiger partial charge is 0.224 e. The summed E-state index contributed by atoms with van der Waals surface area (Å²) in [5.74, 6) is 0.586. The first-order valence-corrected chi connectivity index (χ1v) is 11.6. The van der Waals surface area contributed by atoms with Gasteiger partial charge in [-0.25, -0.2) is 0 Å². The third-order valence-corrected chi connectivity index (χ3v) is 6.73. The van der Waals surface area contributed by atoms with Gasteiger partial charge >= 0.3 is 0 Å². The number of nitrogens with one attached hydrogen (secondary N) is 2. The van der Waals surface area contributed by atoms with E-state index in [0.29, 0.717) is 17.9 Å². The van der Waals surface area contributed by atoms with Crippen molar-refractivity contribution in [1.82, 2.24) is 4.57 Å². The Balaban J connectivity index is 1.30. The number of hydrogen-bond acceptors (Lipinski definition) is 3. The molecule has 2 aromatic carbocycles. The van der Waals surface area contributed by atoms with Gasteiger partial charge in [0.15, 0.2) is 5.78 Å². The van der Waals surface area contributed by atoms with Gasteiger partial charge in [-0.2, -0.15) is 0 Å². The van der Waals surface area contributed by atoms with Crippen molar-refractivity contribution in [2.45, 2.75) is 51.1 Å². The largest absolute Gasteiger partial charge is 0.370 e. The van der Waals surface area contributed by atoms with Crippen molar-refractivity contribution in [2.75, 3.05) is 10.6 Å². The van der Waals surface area contributed by atoms with Crippen LogP contribution in [0.1, 0.15) is 66.2 Å². The van der Waals surface area contributed by atoms with Crippen molar-refractivity contribution in [2.24, 2.45) is 5.92 Å². The van der Waals surface area contributed by atoms with Crippen molar-refractivity contribution in [1.29, 1.82) is 0 Å². The molecule has 164 valence electrons. The maximum atomic E-state index is 13.5. The molecule has 2 aliphatic rings. The second-order valence-electron chi connectivity index (χ2n) is 8.99. The monoisotopic (exact) mass is 427 g/mol. The summed E-state index contributed by atoms with van der Waals surface area (Å²) < 4.78 is 2.13. The summed E-state index contributed by atoms with van der Waals surface area (Å²) in [6.45, 7) is 0.737. The summed E-state index contributed by atoms with van der Waals surface area (Å²) in [5, 5.41) is 6.45. The summed E-state index contributed by atoms with van der Waals surface area (Å²) in [6, 6.07) is 18.9. The van der Waals surface area contributed by atoms with E-state index < -0.39 is 6.04 Å². The van der Waals surface area contributed by atoms with E-state index in [1.54, 1.807) is 0 Å². The minimum atomic E-state index is -0.458. The van der Waals surface area contributed by atoms with Crippen LogP contribution in [0.25, 0.3) is 0 Å². The second-order valence-corrected chi connectivity index (χ2v) is 8.99. The molecule has 1 aliphatic carbocycles. The number of para-hydroxylation sites is 1. The highest BCUT2D eigenvalue weighted by Gasteiger charge is 2.28. The number of rotatable bonds is 5. The Hall–Kier alpha value is -3.34. The van der Waals surface area contributed by atoms with Crippen molar-refractivity contribution in [3.05, 3.63) is 83.7 Å². The van der Waals surface area contributed by atoms with Crippen LogP contribution in [0.3, 0.4) is 0 Å². The van der Waals surface area contributed by atoms with E-state index in [1.165, 1.54) is 19.3 Å². The lowest BCUT2D eigenvalue weighted by Crippen LogP contribution is -2.22. The summed E-state index contributed by atoms with van der Waals surface area (Å²) in [5.41, 5.74) is 4.47. The van der Waals surface area contributed by atoms with Gasteiger partial charge in [0.1, 0.15) is 6.04 Å². The van der Waals surface area contributed by atoms with Crippen molar-refractivity contribution >= 4 is 23.1 Å². The van der Waals surface area contributed by atoms with E-state index in [-0.39, 0.29) is 11.7 Å². The topological polar surface area (TPSA) is 63.1 Å². The molecule has 1 unspecified atom stereocenters. The summed E-state index contributed by atoms with van der Waals surface area (Å²) in [7, 11) is 0. The Morgan fingerprint density at radius 2 is 1.72 bits per heavy atom. The Morgan fingerprint density at radius 3 is 2.53 bits per heavy atom. The predicted octanol–water partition coefficient (Wildman–Crippen LogP) is 5.79. The molecule has 1 saturated carbocycles. The van der Waals surface area contributed by atoms with Gasteiger partial charge in [-0.1, -0.05) is 37.5 Å². The molecule has 5 heteroatoms. The molecule has 1 atom stereocenters. The Bertz CT molecular complexity index is 1110. The standard InChI is InChI=1S/C27H29N3O2/c31-25(17-19-7-2-1-3-8-19)28-22-14-12-20(13-15-22)27(32)26-24-11-6-16-30(24)18-21-9-4-5-10-23(21)29-26/h4-6,9-16,19,26,29H,1-3,7-8,17-18H2,(H,28,31). The van der Waals surface area contributed by atoms with Gasteiger partial charge < -0.3 is 15.2 Å². The number of hydrogen-bond donors (Lipinski definition) is 2.